The van der Waals surface area contributed by atoms with Crippen LogP contribution in [0.25, 0.3) is 11.0 Å². The van der Waals surface area contributed by atoms with Crippen LogP contribution in [0.1, 0.15) is 25.0 Å². The summed E-state index contributed by atoms with van der Waals surface area (Å²) in [4.78, 5) is 11.9. The maximum atomic E-state index is 11.9. The highest BCUT2D eigenvalue weighted by molar-refractivity contribution is 5.81. The number of rotatable bonds is 6. The van der Waals surface area contributed by atoms with Crippen LogP contribution < -0.4 is 15.7 Å². The Morgan fingerprint density at radius 1 is 1.08 bits per heavy atom. The van der Waals surface area contributed by atoms with Crippen LogP contribution in [-0.4, -0.2) is 6.61 Å². The number of anilines is 1. The van der Waals surface area contributed by atoms with E-state index in [9.17, 15) is 4.79 Å². The van der Waals surface area contributed by atoms with Crippen LogP contribution >= 0.6 is 0 Å². The van der Waals surface area contributed by atoms with Crippen molar-refractivity contribution >= 4 is 16.7 Å². The van der Waals surface area contributed by atoms with E-state index in [-0.39, 0.29) is 5.63 Å². The molecule has 1 aromatic heterocycles. The van der Waals surface area contributed by atoms with Crippen LogP contribution in [0.5, 0.6) is 5.75 Å². The van der Waals surface area contributed by atoms with Crippen molar-refractivity contribution in [1.29, 1.82) is 0 Å². The number of aryl methyl sites for hydroxylation is 1. The molecule has 4 heteroatoms. The van der Waals surface area contributed by atoms with Gasteiger partial charge in [-0.05, 0) is 42.7 Å². The van der Waals surface area contributed by atoms with Gasteiger partial charge in [-0.2, -0.15) is 0 Å². The molecule has 0 aliphatic rings. The predicted molar refractivity (Wildman–Crippen MR) is 96.8 cm³/mol. The Morgan fingerprint density at radius 3 is 2.71 bits per heavy atom. The minimum Gasteiger partial charge on any atom is -0.492 e. The smallest absolute Gasteiger partial charge is 0.336 e. The zero-order chi connectivity index (χ0) is 16.9. The molecule has 0 saturated carbocycles. The lowest BCUT2D eigenvalue weighted by molar-refractivity contribution is 0.341. The molecular formula is C20H21NO3. The van der Waals surface area contributed by atoms with Gasteiger partial charge >= 0.3 is 5.63 Å². The van der Waals surface area contributed by atoms with Gasteiger partial charge in [0.15, 0.2) is 0 Å². The number of hydrogen-bond acceptors (Lipinski definition) is 4. The maximum Gasteiger partial charge on any atom is 0.336 e. The summed E-state index contributed by atoms with van der Waals surface area (Å²) >= 11 is 0. The Kier molecular flexibility index (Phi) is 4.85. The molecule has 0 spiro atoms. The minimum absolute atomic E-state index is 0.328. The van der Waals surface area contributed by atoms with Crippen molar-refractivity contribution < 1.29 is 9.15 Å². The molecule has 0 atom stereocenters. The Hall–Kier alpha value is -2.75. The summed E-state index contributed by atoms with van der Waals surface area (Å²) in [5, 5.41) is 4.31. The van der Waals surface area contributed by atoms with Crippen molar-refractivity contribution in [1.82, 2.24) is 0 Å². The van der Waals surface area contributed by atoms with Gasteiger partial charge in [0.05, 0.1) is 12.3 Å². The standard InChI is InChI=1S/C20H21NO3/c1-3-14-9-10-16-15(12-20(22)24-19(16)11-14)13-21-17-7-5-6-8-18(17)23-4-2/h5-12,21H,3-4,13H2,1-2H3. The number of ether oxygens (including phenoxy) is 1. The normalized spacial score (nSPS) is 10.8. The lowest BCUT2D eigenvalue weighted by atomic mass is 10.1. The first-order valence-corrected chi connectivity index (χ1v) is 8.22. The highest BCUT2D eigenvalue weighted by Crippen LogP contribution is 2.25. The molecule has 24 heavy (non-hydrogen) atoms. The van der Waals surface area contributed by atoms with Gasteiger partial charge in [-0.25, -0.2) is 4.79 Å². The van der Waals surface area contributed by atoms with Crippen molar-refractivity contribution in [3.8, 4) is 5.75 Å². The second-order valence-electron chi connectivity index (χ2n) is 5.56. The molecule has 0 saturated heterocycles. The monoisotopic (exact) mass is 323 g/mol. The molecule has 2 aromatic carbocycles. The maximum absolute atomic E-state index is 11.9. The summed E-state index contributed by atoms with van der Waals surface area (Å²) < 4.78 is 11.0. The zero-order valence-corrected chi connectivity index (χ0v) is 14.0. The summed E-state index contributed by atoms with van der Waals surface area (Å²) in [6.07, 6.45) is 0.907. The molecule has 0 bridgehead atoms. The molecule has 124 valence electrons. The van der Waals surface area contributed by atoms with E-state index in [1.807, 2.05) is 43.3 Å². The molecule has 1 N–H and O–H groups in total. The Bertz CT molecular complexity index is 899. The summed E-state index contributed by atoms with van der Waals surface area (Å²) in [6.45, 7) is 5.17. The van der Waals surface area contributed by atoms with Gasteiger partial charge in [0, 0.05) is 18.0 Å². The van der Waals surface area contributed by atoms with Crippen LogP contribution in [0.15, 0.2) is 57.7 Å². The van der Waals surface area contributed by atoms with Gasteiger partial charge in [0.25, 0.3) is 0 Å². The Labute approximate surface area is 141 Å². The number of para-hydroxylation sites is 2. The quantitative estimate of drug-likeness (QED) is 0.685. The Morgan fingerprint density at radius 2 is 1.92 bits per heavy atom. The lowest BCUT2D eigenvalue weighted by Crippen LogP contribution is -2.07. The number of fused-ring (bicyclic) bond motifs is 1. The van der Waals surface area contributed by atoms with E-state index in [4.69, 9.17) is 9.15 Å². The second-order valence-corrected chi connectivity index (χ2v) is 5.56. The van der Waals surface area contributed by atoms with Crippen LogP contribution in [0.2, 0.25) is 0 Å². The summed E-state index contributed by atoms with van der Waals surface area (Å²) in [6, 6.07) is 15.4. The highest BCUT2D eigenvalue weighted by atomic mass is 16.5. The van der Waals surface area contributed by atoms with Gasteiger partial charge in [-0.3, -0.25) is 0 Å². The molecule has 3 rings (SSSR count). The first-order valence-electron chi connectivity index (χ1n) is 8.22. The SMILES string of the molecule is CCOc1ccccc1NCc1cc(=O)oc2cc(CC)ccc12. The van der Waals surface area contributed by atoms with E-state index in [0.717, 1.165) is 34.4 Å². The second kappa shape index (κ2) is 7.21. The van der Waals surface area contributed by atoms with Gasteiger partial charge in [0.2, 0.25) is 0 Å². The largest absolute Gasteiger partial charge is 0.492 e. The fourth-order valence-electron chi connectivity index (χ4n) is 2.72. The first-order chi connectivity index (χ1) is 11.7. The molecule has 0 radical (unpaired) electrons. The average molecular weight is 323 g/mol. The highest BCUT2D eigenvalue weighted by Gasteiger charge is 2.08. The average Bonchev–Trinajstić information content (AvgIpc) is 2.60. The summed E-state index contributed by atoms with van der Waals surface area (Å²) in [5.41, 5.74) is 3.28. The topological polar surface area (TPSA) is 51.5 Å². The molecule has 0 aliphatic heterocycles. The van der Waals surface area contributed by atoms with E-state index < -0.39 is 0 Å². The van der Waals surface area contributed by atoms with Gasteiger partial charge in [-0.15, -0.1) is 0 Å². The molecule has 0 fully saturated rings. The molecule has 1 heterocycles. The molecule has 4 nitrogen and oxygen atoms in total. The minimum atomic E-state index is -0.328. The number of hydrogen-bond donors (Lipinski definition) is 1. The van der Waals surface area contributed by atoms with E-state index in [2.05, 4.69) is 18.3 Å². The van der Waals surface area contributed by atoms with Crippen molar-refractivity contribution in [2.75, 3.05) is 11.9 Å². The zero-order valence-electron chi connectivity index (χ0n) is 14.0. The number of benzene rings is 2. The third-order valence-corrected chi connectivity index (χ3v) is 3.96. The Balaban J connectivity index is 1.92. The molecule has 0 amide bonds. The van der Waals surface area contributed by atoms with Crippen molar-refractivity contribution in [3.63, 3.8) is 0 Å². The van der Waals surface area contributed by atoms with Crippen molar-refractivity contribution in [2.45, 2.75) is 26.8 Å². The van der Waals surface area contributed by atoms with Gasteiger partial charge in [-0.1, -0.05) is 31.2 Å². The summed E-state index contributed by atoms with van der Waals surface area (Å²) in [5.74, 6) is 0.806. The first kappa shape index (κ1) is 16.1. The van der Waals surface area contributed by atoms with Crippen molar-refractivity contribution in [3.05, 3.63) is 70.1 Å². The lowest BCUT2D eigenvalue weighted by Gasteiger charge is -2.13. The fraction of sp³-hybridized carbons (Fsp3) is 0.250. The van der Waals surface area contributed by atoms with E-state index in [1.165, 1.54) is 0 Å². The number of nitrogens with one attached hydrogen (secondary N) is 1. The third kappa shape index (κ3) is 3.43. The molecule has 3 aromatic rings. The molecule has 0 aliphatic carbocycles. The predicted octanol–water partition coefficient (Wildman–Crippen LogP) is 4.37. The van der Waals surface area contributed by atoms with Crippen LogP contribution in [0, 0.1) is 0 Å². The van der Waals surface area contributed by atoms with Gasteiger partial charge in [0.1, 0.15) is 11.3 Å². The van der Waals surface area contributed by atoms with Crippen LogP contribution in [0.3, 0.4) is 0 Å². The van der Waals surface area contributed by atoms with Crippen molar-refractivity contribution in [2.24, 2.45) is 0 Å². The molecule has 0 unspecified atom stereocenters. The third-order valence-electron chi connectivity index (χ3n) is 3.96. The van der Waals surface area contributed by atoms with Crippen LogP contribution in [0.4, 0.5) is 5.69 Å². The summed E-state index contributed by atoms with van der Waals surface area (Å²) in [7, 11) is 0. The van der Waals surface area contributed by atoms with Crippen LogP contribution in [-0.2, 0) is 13.0 Å². The molecular weight excluding hydrogens is 302 g/mol. The fourth-order valence-corrected chi connectivity index (χ4v) is 2.72. The van der Waals surface area contributed by atoms with E-state index in [1.54, 1.807) is 6.07 Å². The van der Waals surface area contributed by atoms with Gasteiger partial charge < -0.3 is 14.5 Å². The van der Waals surface area contributed by atoms with E-state index in [0.29, 0.717) is 18.7 Å². The van der Waals surface area contributed by atoms with E-state index >= 15 is 0 Å².